The van der Waals surface area contributed by atoms with Crippen molar-refractivity contribution in [2.75, 3.05) is 0 Å². The van der Waals surface area contributed by atoms with Crippen LogP contribution in [0.25, 0.3) is 49.0 Å². The second-order valence-electron chi connectivity index (χ2n) is 12.8. The van der Waals surface area contributed by atoms with Crippen LogP contribution in [0.4, 0.5) is 11.4 Å². The van der Waals surface area contributed by atoms with Crippen LogP contribution >= 0.6 is 11.3 Å². The van der Waals surface area contributed by atoms with Gasteiger partial charge in [-0.15, -0.1) is 11.3 Å². The Balaban J connectivity index is 1.09. The lowest BCUT2D eigenvalue weighted by Crippen LogP contribution is -2.13. The highest BCUT2D eigenvalue weighted by Gasteiger charge is 2.28. The van der Waals surface area contributed by atoms with E-state index < -0.39 is 0 Å². The number of aliphatic imine (C=N–C) groups is 2. The monoisotopic (exact) mass is 676 g/mol. The van der Waals surface area contributed by atoms with Crippen molar-refractivity contribution in [1.82, 2.24) is 0 Å². The third-order valence-corrected chi connectivity index (χ3v) is 10.8. The fourth-order valence-corrected chi connectivity index (χ4v) is 8.18. The van der Waals surface area contributed by atoms with Crippen LogP contribution in [0.3, 0.4) is 0 Å². The maximum atomic E-state index is 11.3. The molecule has 1 heterocycles. The van der Waals surface area contributed by atoms with E-state index >= 15 is 0 Å². The van der Waals surface area contributed by atoms with Gasteiger partial charge in [-0.25, -0.2) is 0 Å². The molecule has 9 rings (SSSR count). The van der Waals surface area contributed by atoms with E-state index in [1.54, 1.807) is 23.5 Å². The molecule has 2 aliphatic rings. The van der Waals surface area contributed by atoms with Crippen LogP contribution in [0.15, 0.2) is 173 Å². The molecule has 5 heteroatoms. The highest BCUT2D eigenvalue weighted by molar-refractivity contribution is 7.15. The summed E-state index contributed by atoms with van der Waals surface area (Å²) in [5.74, 6) is 0.588. The molecule has 51 heavy (non-hydrogen) atoms. The summed E-state index contributed by atoms with van der Waals surface area (Å²) in [5, 5.41) is 28.8. The molecular weight excluding hydrogens is 645 g/mol. The Morgan fingerprint density at radius 1 is 0.569 bits per heavy atom. The molecule has 7 aromatic rings. The Morgan fingerprint density at radius 3 is 1.76 bits per heavy atom. The maximum absolute atomic E-state index is 11.3. The average molecular weight is 677 g/mol. The summed E-state index contributed by atoms with van der Waals surface area (Å²) in [6, 6.07) is 40.8. The minimum atomic E-state index is 0.0695. The average Bonchev–Trinajstić information content (AvgIpc) is 3.64. The van der Waals surface area contributed by atoms with Crippen molar-refractivity contribution in [1.29, 1.82) is 0 Å². The van der Waals surface area contributed by atoms with Gasteiger partial charge in [0.2, 0.25) is 0 Å². The van der Waals surface area contributed by atoms with Gasteiger partial charge in [0.05, 0.1) is 11.4 Å². The van der Waals surface area contributed by atoms with Crippen molar-refractivity contribution in [3.05, 3.63) is 178 Å². The zero-order chi connectivity index (χ0) is 34.3. The number of aliphatic hydroxyl groups excluding tert-OH is 1. The van der Waals surface area contributed by atoms with E-state index in [0.29, 0.717) is 5.76 Å². The molecule has 0 fully saturated rings. The Labute approximate surface area is 299 Å². The number of aliphatic hydroxyl groups is 1. The van der Waals surface area contributed by atoms with Crippen LogP contribution in [0.1, 0.15) is 21.7 Å². The molecule has 244 valence electrons. The van der Waals surface area contributed by atoms with E-state index in [-0.39, 0.29) is 11.7 Å². The van der Waals surface area contributed by atoms with Gasteiger partial charge in [0, 0.05) is 50.4 Å². The molecule has 6 aromatic carbocycles. The molecule has 1 unspecified atom stereocenters. The summed E-state index contributed by atoms with van der Waals surface area (Å²) in [6.45, 7) is 0. The SMILES string of the molecule is OC1=C(c2c(N=Cc3ccc(C=Nc4ccc5ccccc5c4-c4c(O)ccc5ccccc45)s3)ccc3ccccc23)C2CC=CC=C2C=C1. The number of nitrogens with zero attached hydrogens (tertiary/aromatic N) is 2. The molecule has 0 aliphatic heterocycles. The van der Waals surface area contributed by atoms with Gasteiger partial charge in [-0.05, 0) is 80.7 Å². The Morgan fingerprint density at radius 2 is 1.12 bits per heavy atom. The van der Waals surface area contributed by atoms with Crippen LogP contribution in [-0.4, -0.2) is 22.6 Å². The molecule has 4 nitrogen and oxygen atoms in total. The molecular formula is C46H32N2O2S. The van der Waals surface area contributed by atoms with E-state index in [1.807, 2.05) is 67.0 Å². The van der Waals surface area contributed by atoms with Crippen LogP contribution in [0.5, 0.6) is 5.75 Å². The third-order valence-electron chi connectivity index (χ3n) is 9.81. The molecule has 0 saturated carbocycles. The van der Waals surface area contributed by atoms with Gasteiger partial charge in [0.1, 0.15) is 11.5 Å². The first-order valence-electron chi connectivity index (χ1n) is 17.0. The van der Waals surface area contributed by atoms with Crippen LogP contribution in [0, 0.1) is 5.92 Å². The molecule has 0 bridgehead atoms. The molecule has 2 N–H and O–H groups in total. The van der Waals surface area contributed by atoms with Crippen molar-refractivity contribution >= 4 is 73.0 Å². The third kappa shape index (κ3) is 5.58. The van der Waals surface area contributed by atoms with Gasteiger partial charge in [-0.1, -0.05) is 115 Å². The van der Waals surface area contributed by atoms with Crippen molar-refractivity contribution in [3.8, 4) is 16.9 Å². The molecule has 0 amide bonds. The van der Waals surface area contributed by atoms with E-state index in [9.17, 15) is 10.2 Å². The second-order valence-corrected chi connectivity index (χ2v) is 14.0. The standard InChI is InChI=1S/C46H32N2O2S/c49-41-25-19-31-11-3-7-15-37(31)45(41)43-35-13-5-1-9-29(35)17-23-39(43)47-27-33-21-22-34(51-33)28-48-40-24-18-30-10-2-6-14-36(30)44(40)46-38-16-8-4-12-32(38)20-26-42(46)50/h1-15,17-28,38,49-50H,16H2. The summed E-state index contributed by atoms with van der Waals surface area (Å²) >= 11 is 1.61. The van der Waals surface area contributed by atoms with E-state index in [4.69, 9.17) is 9.98 Å². The normalized spacial score (nSPS) is 15.8. The summed E-state index contributed by atoms with van der Waals surface area (Å²) in [7, 11) is 0. The molecule has 1 atom stereocenters. The zero-order valence-corrected chi connectivity index (χ0v) is 28.4. The Bertz CT molecular complexity index is 2710. The van der Waals surface area contributed by atoms with E-state index in [2.05, 4.69) is 85.0 Å². The number of phenolic OH excluding ortho intramolecular Hbond substituents is 1. The lowest BCUT2D eigenvalue weighted by atomic mass is 9.77. The topological polar surface area (TPSA) is 65.2 Å². The van der Waals surface area contributed by atoms with E-state index in [0.717, 1.165) is 82.1 Å². The lowest BCUT2D eigenvalue weighted by molar-refractivity contribution is 0.428. The highest BCUT2D eigenvalue weighted by atomic mass is 32.1. The largest absolute Gasteiger partial charge is 0.508 e. The molecule has 2 aliphatic carbocycles. The van der Waals surface area contributed by atoms with Crippen molar-refractivity contribution in [2.45, 2.75) is 6.42 Å². The molecule has 0 radical (unpaired) electrons. The number of allylic oxidation sites excluding steroid dienone is 7. The molecule has 1 aromatic heterocycles. The van der Waals surface area contributed by atoms with Crippen LogP contribution in [0.2, 0.25) is 0 Å². The predicted octanol–water partition coefficient (Wildman–Crippen LogP) is 12.4. The van der Waals surface area contributed by atoms with Crippen molar-refractivity contribution in [2.24, 2.45) is 15.9 Å². The zero-order valence-electron chi connectivity index (χ0n) is 27.6. The summed E-state index contributed by atoms with van der Waals surface area (Å²) < 4.78 is 0. The lowest BCUT2D eigenvalue weighted by Gasteiger charge is -2.28. The smallest absolute Gasteiger partial charge is 0.124 e. The quantitative estimate of drug-likeness (QED) is 0.172. The summed E-state index contributed by atoms with van der Waals surface area (Å²) in [4.78, 5) is 12.0. The fraction of sp³-hybridized carbons (Fsp3) is 0.0435. The van der Waals surface area contributed by atoms with Gasteiger partial charge in [-0.3, -0.25) is 9.98 Å². The number of aromatic hydroxyl groups is 1. The van der Waals surface area contributed by atoms with Crippen molar-refractivity contribution in [3.63, 3.8) is 0 Å². The first kappa shape index (κ1) is 30.7. The molecule has 0 spiro atoms. The van der Waals surface area contributed by atoms with Gasteiger partial charge < -0.3 is 10.2 Å². The second kappa shape index (κ2) is 12.9. The first-order chi connectivity index (χ1) is 25.1. The molecule has 0 saturated heterocycles. The Kier molecular flexibility index (Phi) is 7.75. The number of phenols is 1. The first-order valence-corrected chi connectivity index (χ1v) is 17.8. The highest BCUT2D eigenvalue weighted by Crippen LogP contribution is 2.47. The number of benzene rings is 6. The predicted molar refractivity (Wildman–Crippen MR) is 215 cm³/mol. The number of hydrogen-bond donors (Lipinski definition) is 2. The van der Waals surface area contributed by atoms with E-state index in [1.165, 1.54) is 5.57 Å². The number of rotatable bonds is 6. The van der Waals surface area contributed by atoms with Gasteiger partial charge in [0.25, 0.3) is 0 Å². The number of hydrogen-bond acceptors (Lipinski definition) is 5. The number of thiophene rings is 1. The van der Waals surface area contributed by atoms with Crippen molar-refractivity contribution < 1.29 is 10.2 Å². The minimum absolute atomic E-state index is 0.0695. The summed E-state index contributed by atoms with van der Waals surface area (Å²) in [5.41, 5.74) is 6.37. The van der Waals surface area contributed by atoms with Crippen LogP contribution < -0.4 is 0 Å². The van der Waals surface area contributed by atoms with Gasteiger partial charge in [-0.2, -0.15) is 0 Å². The van der Waals surface area contributed by atoms with Gasteiger partial charge >= 0.3 is 0 Å². The Hall–Kier alpha value is -6.30. The van der Waals surface area contributed by atoms with Crippen LogP contribution in [-0.2, 0) is 0 Å². The maximum Gasteiger partial charge on any atom is 0.124 e. The minimum Gasteiger partial charge on any atom is -0.508 e. The fourth-order valence-electron chi connectivity index (χ4n) is 7.43. The number of fused-ring (bicyclic) bond motifs is 4. The van der Waals surface area contributed by atoms with Gasteiger partial charge in [0.15, 0.2) is 0 Å². The summed E-state index contributed by atoms with van der Waals surface area (Å²) in [6.07, 6.45) is 14.8.